The number of nitrogens with zero attached hydrogens (tertiary/aromatic N) is 3. The van der Waals surface area contributed by atoms with Crippen LogP contribution in [0.2, 0.25) is 0 Å². The Kier molecular flexibility index (Phi) is 11.7. The van der Waals surface area contributed by atoms with Gasteiger partial charge in [0.1, 0.15) is 29.9 Å². The molecule has 3 amide bonds. The van der Waals surface area contributed by atoms with E-state index in [4.69, 9.17) is 18.9 Å². The molecule has 0 radical (unpaired) electrons. The summed E-state index contributed by atoms with van der Waals surface area (Å²) in [5.41, 5.74) is 1.41. The van der Waals surface area contributed by atoms with Crippen LogP contribution < -0.4 is 19.5 Å². The zero-order valence-corrected chi connectivity index (χ0v) is 27.7. The number of carbonyl (C=O) groups excluding carboxylic acids is 3. The van der Waals surface area contributed by atoms with Gasteiger partial charge in [-0.25, -0.2) is 9.78 Å². The summed E-state index contributed by atoms with van der Waals surface area (Å²) in [6, 6.07) is 3.78. The fourth-order valence-electron chi connectivity index (χ4n) is 7.06. The third-order valence-corrected chi connectivity index (χ3v) is 9.43. The summed E-state index contributed by atoms with van der Waals surface area (Å²) in [5.74, 6) is 1.31. The Labute approximate surface area is 277 Å². The van der Waals surface area contributed by atoms with E-state index in [-0.39, 0.29) is 30.5 Å². The van der Waals surface area contributed by atoms with Crippen molar-refractivity contribution >= 4 is 35.2 Å². The van der Waals surface area contributed by atoms with Gasteiger partial charge in [-0.15, -0.1) is 6.58 Å². The summed E-state index contributed by atoms with van der Waals surface area (Å²) in [6.45, 7) is 11.6. The molecule has 1 N–H and O–H groups in total. The first-order chi connectivity index (χ1) is 22.9. The maximum atomic E-state index is 14.3. The molecule has 1 aromatic carbocycles. The largest absolute Gasteiger partial charge is 0.496 e. The molecule has 2 saturated heterocycles. The smallest absolute Gasteiger partial charge is 0.318 e. The second kappa shape index (κ2) is 16.1. The molecule has 5 rings (SSSR count). The average molecular weight is 649 g/mol. The monoisotopic (exact) mass is 648 g/mol. The number of benzene rings is 1. The summed E-state index contributed by atoms with van der Waals surface area (Å²) in [7, 11) is 1.59. The number of piperidine rings is 1. The highest BCUT2D eigenvalue weighted by molar-refractivity contribution is 5.91. The highest BCUT2D eigenvalue weighted by atomic mass is 16.5. The second-order valence-electron chi connectivity index (χ2n) is 12.5. The number of methoxy groups -OCH3 is 1. The van der Waals surface area contributed by atoms with Crippen molar-refractivity contribution < 1.29 is 33.3 Å². The van der Waals surface area contributed by atoms with Crippen molar-refractivity contribution in [1.29, 1.82) is 0 Å². The Morgan fingerprint density at radius 2 is 1.87 bits per heavy atom. The van der Waals surface area contributed by atoms with E-state index < -0.39 is 18.2 Å². The van der Waals surface area contributed by atoms with Gasteiger partial charge in [0.05, 0.1) is 44.5 Å². The van der Waals surface area contributed by atoms with Gasteiger partial charge in [-0.3, -0.25) is 4.79 Å². The van der Waals surface area contributed by atoms with Crippen molar-refractivity contribution in [2.24, 2.45) is 5.92 Å². The zero-order valence-electron chi connectivity index (χ0n) is 27.7. The highest BCUT2D eigenvalue weighted by Gasteiger charge is 2.43. The zero-order chi connectivity index (χ0) is 33.3. The topological polar surface area (TPSA) is 120 Å². The molecule has 2 aromatic rings. The van der Waals surface area contributed by atoms with Crippen LogP contribution in [0, 0.1) is 5.92 Å². The normalized spacial score (nSPS) is 22.4. The van der Waals surface area contributed by atoms with Crippen molar-refractivity contribution in [1.82, 2.24) is 20.1 Å². The first-order valence-corrected chi connectivity index (χ1v) is 16.9. The molecule has 0 unspecified atom stereocenters. The lowest BCUT2D eigenvalue weighted by Gasteiger charge is -2.37. The molecule has 254 valence electrons. The third kappa shape index (κ3) is 8.06. The first-order valence-electron chi connectivity index (χ1n) is 16.9. The Hall–Kier alpha value is -4.12. The lowest BCUT2D eigenvalue weighted by molar-refractivity contribution is -0.138. The van der Waals surface area contributed by atoms with Crippen LogP contribution in [0.15, 0.2) is 37.4 Å². The van der Waals surface area contributed by atoms with Crippen LogP contribution >= 0.6 is 0 Å². The second-order valence-corrected chi connectivity index (χ2v) is 12.5. The van der Waals surface area contributed by atoms with Crippen molar-refractivity contribution in [2.45, 2.75) is 82.6 Å². The van der Waals surface area contributed by atoms with Gasteiger partial charge in [0.15, 0.2) is 0 Å². The van der Waals surface area contributed by atoms with Crippen LogP contribution in [0.5, 0.6) is 17.4 Å². The number of aromatic nitrogens is 1. The number of likely N-dealkylation sites (tertiary alicyclic amines) is 2. The summed E-state index contributed by atoms with van der Waals surface area (Å²) < 4.78 is 23.6. The average Bonchev–Trinajstić information content (AvgIpc) is 3.52. The predicted molar refractivity (Wildman–Crippen MR) is 180 cm³/mol. The molecule has 11 nitrogen and oxygen atoms in total. The summed E-state index contributed by atoms with van der Waals surface area (Å²) in [6.07, 6.45) is 10.5. The number of fused-ring (bicyclic) bond motifs is 1. The van der Waals surface area contributed by atoms with Gasteiger partial charge < -0.3 is 38.9 Å². The molecule has 3 heterocycles. The number of hydrogen-bond acceptors (Lipinski definition) is 8. The third-order valence-electron chi connectivity index (χ3n) is 9.43. The van der Waals surface area contributed by atoms with Crippen LogP contribution in [0.1, 0.15) is 63.9 Å². The molecule has 3 fully saturated rings. The lowest BCUT2D eigenvalue weighted by Crippen LogP contribution is -2.58. The van der Waals surface area contributed by atoms with Crippen LogP contribution in [0.4, 0.5) is 4.79 Å². The number of ether oxygens (including phenoxy) is 4. The van der Waals surface area contributed by atoms with E-state index in [2.05, 4.69) is 23.5 Å². The quantitative estimate of drug-likeness (QED) is 0.234. The van der Waals surface area contributed by atoms with Crippen molar-refractivity contribution in [3.05, 3.63) is 43.0 Å². The van der Waals surface area contributed by atoms with E-state index in [0.29, 0.717) is 55.6 Å². The Balaban J connectivity index is 1.36. The molecule has 4 atom stereocenters. The first kappa shape index (κ1) is 34.2. The van der Waals surface area contributed by atoms with Crippen molar-refractivity contribution in [3.63, 3.8) is 0 Å². The number of aldehydes is 1. The van der Waals surface area contributed by atoms with Crippen LogP contribution in [-0.4, -0.2) is 97.3 Å². The SMILES string of the molecule is C=CCO[C@H]1CCCN(C(=O)N[C@H](C(=O)N2C[C@H](Oc3cc(OCC)nc4cc(OC)c(C=C)cc34)C[C@H]2C=O)C2CCCCC2)C1. The van der Waals surface area contributed by atoms with Gasteiger partial charge in [0.25, 0.3) is 0 Å². The fraction of sp³-hybridized carbons (Fsp3) is 0.556. The molecular weight excluding hydrogens is 600 g/mol. The van der Waals surface area contributed by atoms with E-state index in [0.717, 1.165) is 62.2 Å². The van der Waals surface area contributed by atoms with E-state index in [1.807, 2.05) is 19.1 Å². The molecule has 47 heavy (non-hydrogen) atoms. The summed E-state index contributed by atoms with van der Waals surface area (Å²) >= 11 is 0. The minimum absolute atomic E-state index is 0.00438. The number of nitrogens with one attached hydrogen (secondary N) is 1. The van der Waals surface area contributed by atoms with Gasteiger partial charge in [-0.1, -0.05) is 38.0 Å². The summed E-state index contributed by atoms with van der Waals surface area (Å²) in [5, 5.41) is 3.84. The molecule has 1 aliphatic carbocycles. The fourth-order valence-corrected chi connectivity index (χ4v) is 7.06. The Morgan fingerprint density at radius 3 is 2.57 bits per heavy atom. The minimum Gasteiger partial charge on any atom is -0.496 e. The van der Waals surface area contributed by atoms with E-state index in [1.54, 1.807) is 35.1 Å². The molecule has 1 aromatic heterocycles. The Morgan fingerprint density at radius 1 is 1.06 bits per heavy atom. The summed E-state index contributed by atoms with van der Waals surface area (Å²) in [4.78, 5) is 48.3. The Bertz CT molecular complexity index is 1440. The van der Waals surface area contributed by atoms with E-state index >= 15 is 0 Å². The molecule has 3 aliphatic rings. The number of pyridine rings is 1. The van der Waals surface area contributed by atoms with Gasteiger partial charge in [0.2, 0.25) is 11.8 Å². The standard InChI is InChI=1S/C36H48N4O7/c1-5-16-46-27-14-11-15-39(21-27)36(43)38-34(25-12-9-8-10-13-25)35(42)40-22-28(18-26(40)23-41)47-32-20-33(45-7-3)37-30-19-31(44-4)24(6-2)17-29(30)32/h5-6,17,19-20,23,25-28,34H,1-2,7-16,18,21-22H2,3-4H3,(H,38,43)/t26-,27-,28+,34-/m0/s1. The number of urea groups is 1. The maximum Gasteiger partial charge on any atom is 0.318 e. The molecule has 2 aliphatic heterocycles. The predicted octanol–water partition coefficient (Wildman–Crippen LogP) is 5.16. The lowest BCUT2D eigenvalue weighted by atomic mass is 9.83. The van der Waals surface area contributed by atoms with Gasteiger partial charge >= 0.3 is 6.03 Å². The van der Waals surface area contributed by atoms with Crippen LogP contribution in [0.3, 0.4) is 0 Å². The van der Waals surface area contributed by atoms with E-state index in [9.17, 15) is 14.4 Å². The van der Waals surface area contributed by atoms with Crippen molar-refractivity contribution in [2.75, 3.05) is 40.0 Å². The van der Waals surface area contributed by atoms with Gasteiger partial charge in [-0.05, 0) is 44.6 Å². The van der Waals surface area contributed by atoms with Gasteiger partial charge in [-0.2, -0.15) is 0 Å². The molecule has 11 heteroatoms. The molecule has 0 bridgehead atoms. The molecule has 0 spiro atoms. The highest BCUT2D eigenvalue weighted by Crippen LogP contribution is 2.36. The number of amides is 3. The molecule has 1 saturated carbocycles. The van der Waals surface area contributed by atoms with Gasteiger partial charge in [0, 0.05) is 42.6 Å². The number of rotatable bonds is 13. The number of hydrogen-bond donors (Lipinski definition) is 1. The van der Waals surface area contributed by atoms with Crippen LogP contribution in [-0.2, 0) is 14.3 Å². The maximum absolute atomic E-state index is 14.3. The van der Waals surface area contributed by atoms with E-state index in [1.165, 1.54) is 0 Å². The molecular formula is C36H48N4O7. The number of carbonyl (C=O) groups is 3. The van der Waals surface area contributed by atoms with Crippen molar-refractivity contribution in [3.8, 4) is 17.4 Å². The van der Waals surface area contributed by atoms with Crippen LogP contribution in [0.25, 0.3) is 17.0 Å². The minimum atomic E-state index is -0.729.